The predicted octanol–water partition coefficient (Wildman–Crippen LogP) is 2.20. The molecule has 0 aromatic heterocycles. The van der Waals surface area contributed by atoms with Crippen molar-refractivity contribution >= 4 is 36.0 Å². The molecule has 3 unspecified atom stereocenters. The number of likely N-dealkylation sites (tertiary alicyclic amines) is 1. The quantitative estimate of drug-likeness (QED) is 0.360. The minimum Gasteiger partial charge on any atom is -0.444 e. The van der Waals surface area contributed by atoms with E-state index in [1.54, 1.807) is 11.9 Å². The van der Waals surface area contributed by atoms with Crippen LogP contribution in [-0.2, 0) is 9.47 Å². The van der Waals surface area contributed by atoms with E-state index in [-0.39, 0.29) is 41.5 Å². The zero-order valence-electron chi connectivity index (χ0n) is 16.7. The molecule has 0 aromatic carbocycles. The topological polar surface area (TPSA) is 75.2 Å². The van der Waals surface area contributed by atoms with Crippen LogP contribution in [0.2, 0.25) is 0 Å². The van der Waals surface area contributed by atoms with Gasteiger partial charge in [-0.2, -0.15) is 0 Å². The standard InChI is InChI=1S/C18H32N4O3.HI/c1-17(2,3)25-16(23)22-9-11(10-22)20-15(19-6)21-13-12-7-8-24-14(12)18(13,4)5;/h11-14H,7-10H2,1-6H3,(H2,19,20,21);1H. The van der Waals surface area contributed by atoms with Crippen molar-refractivity contribution in [2.75, 3.05) is 26.7 Å². The first-order valence-electron chi connectivity index (χ1n) is 9.21. The Morgan fingerprint density at radius 1 is 1.27 bits per heavy atom. The van der Waals surface area contributed by atoms with Crippen LogP contribution in [0.25, 0.3) is 0 Å². The van der Waals surface area contributed by atoms with Crippen LogP contribution in [-0.4, -0.2) is 67.5 Å². The Labute approximate surface area is 173 Å². The van der Waals surface area contributed by atoms with Crippen LogP contribution in [0.1, 0.15) is 41.0 Å². The first-order valence-corrected chi connectivity index (χ1v) is 9.21. The molecule has 0 spiro atoms. The van der Waals surface area contributed by atoms with E-state index in [4.69, 9.17) is 9.47 Å². The molecule has 2 N–H and O–H groups in total. The van der Waals surface area contributed by atoms with Gasteiger partial charge in [-0.1, -0.05) is 13.8 Å². The summed E-state index contributed by atoms with van der Waals surface area (Å²) in [5.41, 5.74) is -0.343. The molecule has 3 rings (SSSR count). The normalized spacial score (nSPS) is 30.5. The predicted molar refractivity (Wildman–Crippen MR) is 112 cm³/mol. The molecule has 3 fully saturated rings. The number of ether oxygens (including phenoxy) is 2. The van der Waals surface area contributed by atoms with Crippen molar-refractivity contribution in [3.05, 3.63) is 0 Å². The highest BCUT2D eigenvalue weighted by atomic mass is 127. The summed E-state index contributed by atoms with van der Waals surface area (Å²) in [6, 6.07) is 0.575. The van der Waals surface area contributed by atoms with Crippen molar-refractivity contribution in [1.82, 2.24) is 15.5 Å². The van der Waals surface area contributed by atoms with Crippen molar-refractivity contribution < 1.29 is 14.3 Å². The fourth-order valence-corrected chi connectivity index (χ4v) is 4.17. The van der Waals surface area contributed by atoms with Crippen molar-refractivity contribution in [3.8, 4) is 0 Å². The van der Waals surface area contributed by atoms with E-state index in [9.17, 15) is 4.79 Å². The average molecular weight is 480 g/mol. The number of aliphatic imine (C=N–C) groups is 1. The maximum absolute atomic E-state index is 12.0. The number of guanidine groups is 1. The lowest BCUT2D eigenvalue weighted by atomic mass is 9.57. The van der Waals surface area contributed by atoms with Gasteiger partial charge in [0.2, 0.25) is 0 Å². The Morgan fingerprint density at radius 3 is 2.50 bits per heavy atom. The lowest BCUT2D eigenvalue weighted by Crippen LogP contribution is -2.70. The van der Waals surface area contributed by atoms with Gasteiger partial charge in [0.15, 0.2) is 5.96 Å². The maximum Gasteiger partial charge on any atom is 0.410 e. The average Bonchev–Trinajstić information content (AvgIpc) is 2.90. The molecule has 1 saturated carbocycles. The number of hydrogen-bond acceptors (Lipinski definition) is 4. The zero-order valence-corrected chi connectivity index (χ0v) is 19.0. The van der Waals surface area contributed by atoms with Crippen molar-refractivity contribution in [1.29, 1.82) is 0 Å². The SMILES string of the molecule is CN=C(NC1CN(C(=O)OC(C)(C)C)C1)NC1C2CCOC2C1(C)C.I. The van der Waals surface area contributed by atoms with E-state index < -0.39 is 5.60 Å². The number of rotatable bonds is 2. The molecule has 0 aromatic rings. The molecule has 7 nitrogen and oxygen atoms in total. The summed E-state index contributed by atoms with van der Waals surface area (Å²) in [6.07, 6.45) is 1.22. The van der Waals surface area contributed by atoms with E-state index in [1.807, 2.05) is 20.8 Å². The van der Waals surface area contributed by atoms with Crippen LogP contribution in [0.15, 0.2) is 4.99 Å². The second kappa shape index (κ2) is 7.69. The molecular formula is C18H33IN4O3. The van der Waals surface area contributed by atoms with Gasteiger partial charge in [-0.3, -0.25) is 4.99 Å². The summed E-state index contributed by atoms with van der Waals surface area (Å²) in [5.74, 6) is 1.37. The van der Waals surface area contributed by atoms with Crippen molar-refractivity contribution in [3.63, 3.8) is 0 Å². The van der Waals surface area contributed by atoms with Gasteiger partial charge in [-0.05, 0) is 27.2 Å². The second-order valence-corrected chi connectivity index (χ2v) is 8.99. The van der Waals surface area contributed by atoms with Crippen LogP contribution in [0.4, 0.5) is 4.79 Å². The Hall–Kier alpha value is -0.770. The van der Waals surface area contributed by atoms with Crippen LogP contribution >= 0.6 is 24.0 Å². The highest BCUT2D eigenvalue weighted by Gasteiger charge is 2.59. The van der Waals surface area contributed by atoms with E-state index >= 15 is 0 Å². The smallest absolute Gasteiger partial charge is 0.410 e. The van der Waals surface area contributed by atoms with E-state index in [0.29, 0.717) is 31.2 Å². The van der Waals surface area contributed by atoms with E-state index in [2.05, 4.69) is 29.5 Å². The van der Waals surface area contributed by atoms with Crippen LogP contribution in [0, 0.1) is 11.3 Å². The van der Waals surface area contributed by atoms with Gasteiger partial charge in [0.05, 0.1) is 12.1 Å². The highest BCUT2D eigenvalue weighted by Crippen LogP contribution is 2.52. The molecule has 3 aliphatic rings. The Bertz CT molecular complexity index is 555. The third-order valence-corrected chi connectivity index (χ3v) is 5.49. The highest BCUT2D eigenvalue weighted by molar-refractivity contribution is 14.0. The molecule has 1 amide bonds. The first-order chi connectivity index (χ1) is 11.6. The summed E-state index contributed by atoms with van der Waals surface area (Å²) in [6.45, 7) is 12.3. The van der Waals surface area contributed by atoms with Gasteiger partial charge in [0, 0.05) is 44.1 Å². The molecule has 3 atom stereocenters. The Kier molecular flexibility index (Phi) is 6.37. The first kappa shape index (κ1) is 21.5. The molecule has 2 heterocycles. The van der Waals surface area contributed by atoms with Crippen molar-refractivity contribution in [2.45, 2.75) is 64.8 Å². The van der Waals surface area contributed by atoms with E-state index in [1.165, 1.54) is 0 Å². The molecule has 0 bridgehead atoms. The van der Waals surface area contributed by atoms with Gasteiger partial charge >= 0.3 is 6.09 Å². The second-order valence-electron chi connectivity index (χ2n) is 8.99. The van der Waals surface area contributed by atoms with Crippen LogP contribution in [0.5, 0.6) is 0 Å². The number of halogens is 1. The molecule has 1 aliphatic carbocycles. The van der Waals surface area contributed by atoms with Gasteiger partial charge < -0.3 is 25.0 Å². The number of carbonyl (C=O) groups excluding carboxylic acids is 1. The van der Waals surface area contributed by atoms with Crippen LogP contribution in [0.3, 0.4) is 0 Å². The molecule has 26 heavy (non-hydrogen) atoms. The Morgan fingerprint density at radius 2 is 1.92 bits per heavy atom. The number of fused-ring (bicyclic) bond motifs is 1. The summed E-state index contributed by atoms with van der Waals surface area (Å²) < 4.78 is 11.2. The lowest BCUT2D eigenvalue weighted by molar-refractivity contribution is -0.107. The largest absolute Gasteiger partial charge is 0.444 e. The number of carbonyl (C=O) groups is 1. The monoisotopic (exact) mass is 480 g/mol. The van der Waals surface area contributed by atoms with Gasteiger partial charge in [0.1, 0.15) is 5.60 Å². The zero-order chi connectivity index (χ0) is 18.4. The Balaban J connectivity index is 0.00000243. The molecule has 2 aliphatic heterocycles. The lowest BCUT2D eigenvalue weighted by Gasteiger charge is -2.55. The van der Waals surface area contributed by atoms with E-state index in [0.717, 1.165) is 19.0 Å². The molecule has 0 radical (unpaired) electrons. The number of amides is 1. The van der Waals surface area contributed by atoms with Gasteiger partial charge in [-0.25, -0.2) is 4.79 Å². The summed E-state index contributed by atoms with van der Waals surface area (Å²) in [5, 5.41) is 6.99. The van der Waals surface area contributed by atoms with Gasteiger partial charge in [0.25, 0.3) is 0 Å². The maximum atomic E-state index is 12.0. The summed E-state index contributed by atoms with van der Waals surface area (Å²) in [7, 11) is 1.79. The molecule has 150 valence electrons. The third-order valence-electron chi connectivity index (χ3n) is 5.49. The fraction of sp³-hybridized carbons (Fsp3) is 0.889. The molecular weight excluding hydrogens is 447 g/mol. The molecule has 2 saturated heterocycles. The number of hydrogen-bond donors (Lipinski definition) is 2. The number of nitrogens with one attached hydrogen (secondary N) is 2. The summed E-state index contributed by atoms with van der Waals surface area (Å²) >= 11 is 0. The van der Waals surface area contributed by atoms with Gasteiger partial charge in [-0.15, -0.1) is 24.0 Å². The fourth-order valence-electron chi connectivity index (χ4n) is 4.17. The number of nitrogens with zero attached hydrogens (tertiary/aromatic N) is 2. The minimum absolute atomic E-state index is 0. The van der Waals surface area contributed by atoms with Crippen molar-refractivity contribution in [2.24, 2.45) is 16.3 Å². The molecule has 8 heteroatoms. The third kappa shape index (κ3) is 4.21. The summed E-state index contributed by atoms with van der Waals surface area (Å²) in [4.78, 5) is 18.1. The van der Waals surface area contributed by atoms with Crippen LogP contribution < -0.4 is 10.6 Å². The minimum atomic E-state index is -0.455.